The fourth-order valence-corrected chi connectivity index (χ4v) is 2.67. The molecule has 2 rings (SSSR count). The van der Waals surface area contributed by atoms with Gasteiger partial charge in [0.25, 0.3) is 0 Å². The molecule has 146 valence electrons. The van der Waals surface area contributed by atoms with Crippen LogP contribution in [0, 0.1) is 0 Å². The molecule has 0 bridgehead atoms. The number of rotatable bonds is 11. The Morgan fingerprint density at radius 3 is 2.26 bits per heavy atom. The van der Waals surface area contributed by atoms with Crippen molar-refractivity contribution in [3.63, 3.8) is 0 Å². The lowest BCUT2D eigenvalue weighted by atomic mass is 10.1. The molecule has 0 saturated heterocycles. The van der Waals surface area contributed by atoms with E-state index in [1.54, 1.807) is 19.2 Å². The van der Waals surface area contributed by atoms with Crippen molar-refractivity contribution < 1.29 is 23.7 Å². The summed E-state index contributed by atoms with van der Waals surface area (Å²) in [5, 5.41) is 0. The molecule has 0 unspecified atom stereocenters. The molecule has 0 aliphatic carbocycles. The number of esters is 1. The zero-order valence-corrected chi connectivity index (χ0v) is 16.3. The quantitative estimate of drug-likeness (QED) is 0.409. The lowest BCUT2D eigenvalue weighted by Gasteiger charge is -2.17. The van der Waals surface area contributed by atoms with Crippen LogP contribution in [0.25, 0.3) is 0 Å². The molecule has 0 amide bonds. The topological polar surface area (TPSA) is 54.0 Å². The first-order valence-electron chi connectivity index (χ1n) is 9.29. The fourth-order valence-electron chi connectivity index (χ4n) is 2.67. The number of hydrogen-bond acceptors (Lipinski definition) is 5. The minimum Gasteiger partial charge on any atom is -0.490 e. The van der Waals surface area contributed by atoms with Crippen LogP contribution in [0.15, 0.2) is 42.5 Å². The molecular weight excluding hydrogens is 344 g/mol. The van der Waals surface area contributed by atoms with Gasteiger partial charge in [0.15, 0.2) is 11.5 Å². The fraction of sp³-hybridized carbons (Fsp3) is 0.409. The van der Waals surface area contributed by atoms with E-state index in [-0.39, 0.29) is 0 Å². The molecule has 5 nitrogen and oxygen atoms in total. The molecule has 0 heterocycles. The van der Waals surface area contributed by atoms with Gasteiger partial charge in [-0.1, -0.05) is 56.5 Å². The van der Waals surface area contributed by atoms with Gasteiger partial charge in [0.05, 0.1) is 26.4 Å². The molecule has 0 saturated carbocycles. The minimum absolute atomic E-state index is 0.359. The molecule has 0 aromatic heterocycles. The van der Waals surface area contributed by atoms with Gasteiger partial charge in [-0.05, 0) is 24.1 Å². The SMILES string of the molecule is CCCCCCOc1cc(C(=O)OC)cc(OCc2ccccc2)c1OC. The Labute approximate surface area is 161 Å². The number of carbonyl (C=O) groups is 1. The molecule has 0 N–H and O–H groups in total. The lowest BCUT2D eigenvalue weighted by molar-refractivity contribution is 0.0599. The number of unbranched alkanes of at least 4 members (excludes halogenated alkanes) is 3. The first kappa shape index (κ1) is 20.6. The molecule has 0 atom stereocenters. The predicted octanol–water partition coefficient (Wildman–Crippen LogP) is 5.02. The third-order valence-electron chi connectivity index (χ3n) is 4.14. The van der Waals surface area contributed by atoms with E-state index in [0.717, 1.165) is 18.4 Å². The Morgan fingerprint density at radius 2 is 1.63 bits per heavy atom. The van der Waals surface area contributed by atoms with Crippen LogP contribution in [-0.2, 0) is 11.3 Å². The van der Waals surface area contributed by atoms with Gasteiger partial charge in [0.2, 0.25) is 5.75 Å². The summed E-state index contributed by atoms with van der Waals surface area (Å²) in [6.45, 7) is 3.08. The summed E-state index contributed by atoms with van der Waals surface area (Å²) >= 11 is 0. The van der Waals surface area contributed by atoms with E-state index in [9.17, 15) is 4.79 Å². The first-order chi connectivity index (χ1) is 13.2. The average Bonchev–Trinajstić information content (AvgIpc) is 2.71. The molecule has 0 radical (unpaired) electrons. The monoisotopic (exact) mass is 372 g/mol. The van der Waals surface area contributed by atoms with Crippen molar-refractivity contribution >= 4 is 5.97 Å². The number of ether oxygens (including phenoxy) is 4. The summed E-state index contributed by atoms with van der Waals surface area (Å²) in [5.41, 5.74) is 1.38. The van der Waals surface area contributed by atoms with Crippen LogP contribution >= 0.6 is 0 Å². The number of hydrogen-bond donors (Lipinski definition) is 0. The van der Waals surface area contributed by atoms with Crippen LogP contribution in [0.5, 0.6) is 17.2 Å². The van der Waals surface area contributed by atoms with Gasteiger partial charge >= 0.3 is 5.97 Å². The van der Waals surface area contributed by atoms with Crippen molar-refractivity contribution in [2.75, 3.05) is 20.8 Å². The van der Waals surface area contributed by atoms with E-state index in [1.807, 2.05) is 30.3 Å². The van der Waals surface area contributed by atoms with Crippen molar-refractivity contribution in [2.45, 2.75) is 39.2 Å². The zero-order valence-electron chi connectivity index (χ0n) is 16.3. The molecule has 0 aliphatic rings. The van der Waals surface area contributed by atoms with Crippen molar-refractivity contribution in [1.82, 2.24) is 0 Å². The van der Waals surface area contributed by atoms with E-state index in [0.29, 0.717) is 36.0 Å². The minimum atomic E-state index is -0.446. The van der Waals surface area contributed by atoms with Gasteiger partial charge in [-0.15, -0.1) is 0 Å². The predicted molar refractivity (Wildman–Crippen MR) is 105 cm³/mol. The Balaban J connectivity index is 2.20. The van der Waals surface area contributed by atoms with Gasteiger partial charge in [-0.3, -0.25) is 0 Å². The number of benzene rings is 2. The average molecular weight is 372 g/mol. The Morgan fingerprint density at radius 1 is 0.926 bits per heavy atom. The maximum Gasteiger partial charge on any atom is 0.338 e. The van der Waals surface area contributed by atoms with E-state index in [2.05, 4.69) is 6.92 Å². The summed E-state index contributed by atoms with van der Waals surface area (Å²) < 4.78 is 22.2. The van der Waals surface area contributed by atoms with Crippen LogP contribution in [0.4, 0.5) is 0 Å². The molecule has 0 aliphatic heterocycles. The third kappa shape index (κ3) is 6.20. The highest BCUT2D eigenvalue weighted by Crippen LogP contribution is 2.39. The highest BCUT2D eigenvalue weighted by atomic mass is 16.5. The Bertz CT molecular complexity index is 712. The second kappa shape index (κ2) is 11.1. The molecular formula is C22H28O5. The normalized spacial score (nSPS) is 10.3. The van der Waals surface area contributed by atoms with Crippen molar-refractivity contribution in [3.8, 4) is 17.2 Å². The van der Waals surface area contributed by atoms with E-state index >= 15 is 0 Å². The number of methoxy groups -OCH3 is 2. The van der Waals surface area contributed by atoms with Crippen LogP contribution in [0.1, 0.15) is 48.5 Å². The maximum absolute atomic E-state index is 12.0. The Kier molecular flexibility index (Phi) is 8.49. The van der Waals surface area contributed by atoms with Crippen molar-refractivity contribution in [3.05, 3.63) is 53.6 Å². The second-order valence-electron chi connectivity index (χ2n) is 6.18. The van der Waals surface area contributed by atoms with Gasteiger partial charge in [-0.25, -0.2) is 4.79 Å². The number of carbonyl (C=O) groups excluding carboxylic acids is 1. The summed E-state index contributed by atoms with van der Waals surface area (Å²) in [6, 6.07) is 13.1. The van der Waals surface area contributed by atoms with E-state index in [1.165, 1.54) is 20.0 Å². The molecule has 2 aromatic carbocycles. The summed E-state index contributed by atoms with van der Waals surface area (Å²) in [6.07, 6.45) is 4.39. The lowest BCUT2D eigenvalue weighted by Crippen LogP contribution is -2.07. The zero-order chi connectivity index (χ0) is 19.5. The summed E-state index contributed by atoms with van der Waals surface area (Å²) in [7, 11) is 2.91. The highest BCUT2D eigenvalue weighted by Gasteiger charge is 2.18. The van der Waals surface area contributed by atoms with E-state index < -0.39 is 5.97 Å². The van der Waals surface area contributed by atoms with Crippen LogP contribution < -0.4 is 14.2 Å². The summed E-state index contributed by atoms with van der Waals surface area (Å²) in [5.74, 6) is 0.972. The van der Waals surface area contributed by atoms with Crippen LogP contribution in [-0.4, -0.2) is 26.8 Å². The maximum atomic E-state index is 12.0. The van der Waals surface area contributed by atoms with Crippen molar-refractivity contribution in [1.29, 1.82) is 0 Å². The molecule has 0 fully saturated rings. The van der Waals surface area contributed by atoms with Gasteiger partial charge < -0.3 is 18.9 Å². The first-order valence-corrected chi connectivity index (χ1v) is 9.29. The Hall–Kier alpha value is -2.69. The van der Waals surface area contributed by atoms with Gasteiger partial charge in [0.1, 0.15) is 6.61 Å². The molecule has 27 heavy (non-hydrogen) atoms. The van der Waals surface area contributed by atoms with Crippen molar-refractivity contribution in [2.24, 2.45) is 0 Å². The highest BCUT2D eigenvalue weighted by molar-refractivity contribution is 5.91. The molecule has 0 spiro atoms. The van der Waals surface area contributed by atoms with Gasteiger partial charge in [0, 0.05) is 0 Å². The molecule has 5 heteroatoms. The largest absolute Gasteiger partial charge is 0.490 e. The summed E-state index contributed by atoms with van der Waals surface area (Å²) in [4.78, 5) is 12.0. The third-order valence-corrected chi connectivity index (χ3v) is 4.14. The smallest absolute Gasteiger partial charge is 0.338 e. The van der Waals surface area contributed by atoms with Crippen LogP contribution in [0.2, 0.25) is 0 Å². The molecule has 2 aromatic rings. The van der Waals surface area contributed by atoms with Gasteiger partial charge in [-0.2, -0.15) is 0 Å². The van der Waals surface area contributed by atoms with Crippen LogP contribution in [0.3, 0.4) is 0 Å². The second-order valence-corrected chi connectivity index (χ2v) is 6.18. The van der Waals surface area contributed by atoms with E-state index in [4.69, 9.17) is 18.9 Å². The standard InChI is InChI=1S/C22H28O5/c1-4-5-6-10-13-26-19-14-18(22(23)25-3)15-20(21(19)24-2)27-16-17-11-8-7-9-12-17/h7-9,11-12,14-15H,4-6,10,13,16H2,1-3H3.